The third-order valence-electron chi connectivity index (χ3n) is 1.74. The summed E-state index contributed by atoms with van der Waals surface area (Å²) in [7, 11) is 0. The topological polar surface area (TPSA) is 24.1 Å². The number of nitrogens with one attached hydrogen (secondary N) is 2. The van der Waals surface area contributed by atoms with Crippen LogP contribution in [0.25, 0.3) is 0 Å². The summed E-state index contributed by atoms with van der Waals surface area (Å²) < 4.78 is 0. The van der Waals surface area contributed by atoms with Crippen LogP contribution >= 0.6 is 0 Å². The van der Waals surface area contributed by atoms with Crippen molar-refractivity contribution in [1.82, 2.24) is 10.6 Å². The molecule has 0 aromatic carbocycles. The first-order valence-electron chi connectivity index (χ1n) is 3.44. The number of allylic oxidation sites excluding steroid dienone is 3. The molecule has 2 aliphatic rings. The van der Waals surface area contributed by atoms with Crippen molar-refractivity contribution in [2.45, 2.75) is 13.1 Å². The Kier molecular flexibility index (Phi) is 1.07. The highest BCUT2D eigenvalue weighted by molar-refractivity contribution is 5.38. The molecule has 0 amide bonds. The van der Waals surface area contributed by atoms with E-state index in [-0.39, 0.29) is 0 Å². The van der Waals surface area contributed by atoms with Gasteiger partial charge in [-0.3, -0.25) is 0 Å². The second kappa shape index (κ2) is 1.90. The molecule has 2 heterocycles. The van der Waals surface area contributed by atoms with Gasteiger partial charge in [0.15, 0.2) is 0 Å². The Morgan fingerprint density at radius 1 is 1.50 bits per heavy atom. The molecule has 52 valence electrons. The van der Waals surface area contributed by atoms with Crippen LogP contribution < -0.4 is 10.6 Å². The third kappa shape index (κ3) is 0.727. The second-order valence-electron chi connectivity index (χ2n) is 2.60. The first-order chi connectivity index (χ1) is 4.86. The molecule has 0 spiro atoms. The van der Waals surface area contributed by atoms with Crippen molar-refractivity contribution in [2.75, 3.05) is 0 Å². The Labute approximate surface area is 60.3 Å². The van der Waals surface area contributed by atoms with E-state index in [1.165, 1.54) is 11.3 Å². The van der Waals surface area contributed by atoms with Gasteiger partial charge in [-0.15, -0.1) is 0 Å². The molecule has 0 saturated carbocycles. The van der Waals surface area contributed by atoms with Crippen molar-refractivity contribution in [3.05, 3.63) is 35.7 Å². The highest BCUT2D eigenvalue weighted by atomic mass is 15.1. The molecule has 1 unspecified atom stereocenters. The van der Waals surface area contributed by atoms with Crippen LogP contribution in [0, 0.1) is 0 Å². The van der Waals surface area contributed by atoms with Crippen LogP contribution in [0.4, 0.5) is 0 Å². The standard InChI is InChI=1S/C8H10N2/c1-6-5-7-3-2-4-9-8(7)10-6/h2-5,8-10H,1H3. The molecule has 0 radical (unpaired) electrons. The van der Waals surface area contributed by atoms with E-state index in [2.05, 4.69) is 29.7 Å². The van der Waals surface area contributed by atoms with Gasteiger partial charge in [0, 0.05) is 5.70 Å². The molecule has 2 heteroatoms. The van der Waals surface area contributed by atoms with Gasteiger partial charge in [-0.2, -0.15) is 0 Å². The molecule has 2 aliphatic heterocycles. The normalized spacial score (nSPS) is 27.9. The van der Waals surface area contributed by atoms with E-state index in [0.29, 0.717) is 6.17 Å². The minimum absolute atomic E-state index is 0.324. The fraction of sp³-hybridized carbons (Fsp3) is 0.250. The fourth-order valence-electron chi connectivity index (χ4n) is 1.28. The Bertz CT molecular complexity index is 236. The van der Waals surface area contributed by atoms with Gasteiger partial charge in [0.1, 0.15) is 6.17 Å². The molecule has 2 rings (SSSR count). The van der Waals surface area contributed by atoms with Crippen LogP contribution in [0.2, 0.25) is 0 Å². The van der Waals surface area contributed by atoms with E-state index in [0.717, 1.165) is 0 Å². The minimum atomic E-state index is 0.324. The van der Waals surface area contributed by atoms with Crippen molar-refractivity contribution in [1.29, 1.82) is 0 Å². The number of fused-ring (bicyclic) bond motifs is 1. The number of dihydropyridines is 1. The van der Waals surface area contributed by atoms with E-state index in [1.54, 1.807) is 0 Å². The summed E-state index contributed by atoms with van der Waals surface area (Å²) in [6.07, 6.45) is 8.56. The van der Waals surface area contributed by atoms with Crippen LogP contribution in [-0.2, 0) is 0 Å². The highest BCUT2D eigenvalue weighted by Gasteiger charge is 2.17. The number of hydrogen-bond donors (Lipinski definition) is 2. The summed E-state index contributed by atoms with van der Waals surface area (Å²) in [5.74, 6) is 0. The summed E-state index contributed by atoms with van der Waals surface area (Å²) >= 11 is 0. The van der Waals surface area contributed by atoms with E-state index < -0.39 is 0 Å². The molecule has 10 heavy (non-hydrogen) atoms. The average molecular weight is 134 g/mol. The molecule has 1 atom stereocenters. The van der Waals surface area contributed by atoms with E-state index in [4.69, 9.17) is 0 Å². The molecule has 2 N–H and O–H groups in total. The highest BCUT2D eigenvalue weighted by Crippen LogP contribution is 2.15. The lowest BCUT2D eigenvalue weighted by molar-refractivity contribution is 0.617. The zero-order chi connectivity index (χ0) is 6.97. The predicted molar refractivity (Wildman–Crippen MR) is 41.0 cm³/mol. The Morgan fingerprint density at radius 3 is 3.20 bits per heavy atom. The molecular weight excluding hydrogens is 124 g/mol. The molecular formula is C8H10N2. The summed E-state index contributed by atoms with van der Waals surface area (Å²) in [5, 5.41) is 6.49. The Balaban J connectivity index is 2.31. The predicted octanol–water partition coefficient (Wildman–Crippen LogP) is 0.863. The largest absolute Gasteiger partial charge is 0.368 e. The van der Waals surface area contributed by atoms with Gasteiger partial charge in [-0.1, -0.05) is 6.08 Å². The molecule has 0 bridgehead atoms. The summed E-state index contributed by atoms with van der Waals surface area (Å²) in [6, 6.07) is 0. The van der Waals surface area contributed by atoms with Crippen LogP contribution in [0.1, 0.15) is 6.92 Å². The fourth-order valence-corrected chi connectivity index (χ4v) is 1.28. The van der Waals surface area contributed by atoms with Crippen molar-refractivity contribution in [2.24, 2.45) is 0 Å². The van der Waals surface area contributed by atoms with Crippen LogP contribution in [0.3, 0.4) is 0 Å². The summed E-state index contributed by atoms with van der Waals surface area (Å²) in [4.78, 5) is 0. The number of rotatable bonds is 0. The van der Waals surface area contributed by atoms with E-state index in [9.17, 15) is 0 Å². The maximum Gasteiger partial charge on any atom is 0.122 e. The van der Waals surface area contributed by atoms with Crippen molar-refractivity contribution < 1.29 is 0 Å². The van der Waals surface area contributed by atoms with E-state index in [1.807, 2.05) is 12.3 Å². The number of hydrogen-bond acceptors (Lipinski definition) is 2. The van der Waals surface area contributed by atoms with Gasteiger partial charge >= 0.3 is 0 Å². The maximum absolute atomic E-state index is 3.29. The summed E-state index contributed by atoms with van der Waals surface area (Å²) in [5.41, 5.74) is 2.55. The SMILES string of the molecule is CC1=CC2=CC=CNC2N1. The minimum Gasteiger partial charge on any atom is -0.368 e. The van der Waals surface area contributed by atoms with Gasteiger partial charge in [0.05, 0.1) is 0 Å². The zero-order valence-corrected chi connectivity index (χ0v) is 5.89. The van der Waals surface area contributed by atoms with Crippen molar-refractivity contribution >= 4 is 0 Å². The molecule has 0 fully saturated rings. The first kappa shape index (κ1) is 5.59. The lowest BCUT2D eigenvalue weighted by Crippen LogP contribution is -2.36. The van der Waals surface area contributed by atoms with Crippen LogP contribution in [0.5, 0.6) is 0 Å². The van der Waals surface area contributed by atoms with Crippen LogP contribution in [0.15, 0.2) is 35.7 Å². The Morgan fingerprint density at radius 2 is 2.40 bits per heavy atom. The maximum atomic E-state index is 3.29. The summed E-state index contributed by atoms with van der Waals surface area (Å²) in [6.45, 7) is 2.07. The molecule has 0 aliphatic carbocycles. The smallest absolute Gasteiger partial charge is 0.122 e. The third-order valence-corrected chi connectivity index (χ3v) is 1.74. The van der Waals surface area contributed by atoms with Gasteiger partial charge in [-0.25, -0.2) is 0 Å². The van der Waals surface area contributed by atoms with Gasteiger partial charge in [0.2, 0.25) is 0 Å². The second-order valence-corrected chi connectivity index (χ2v) is 2.60. The molecule has 0 aromatic heterocycles. The molecule has 2 nitrogen and oxygen atoms in total. The van der Waals surface area contributed by atoms with Crippen LogP contribution in [-0.4, -0.2) is 6.17 Å². The van der Waals surface area contributed by atoms with Crippen molar-refractivity contribution in [3.63, 3.8) is 0 Å². The first-order valence-corrected chi connectivity index (χ1v) is 3.44. The van der Waals surface area contributed by atoms with Gasteiger partial charge in [0.25, 0.3) is 0 Å². The lowest BCUT2D eigenvalue weighted by atomic mass is 10.2. The molecule has 0 aromatic rings. The van der Waals surface area contributed by atoms with Gasteiger partial charge < -0.3 is 10.6 Å². The monoisotopic (exact) mass is 134 g/mol. The zero-order valence-electron chi connectivity index (χ0n) is 5.89. The van der Waals surface area contributed by atoms with E-state index >= 15 is 0 Å². The molecule has 0 saturated heterocycles. The van der Waals surface area contributed by atoms with Gasteiger partial charge in [-0.05, 0) is 30.8 Å². The quantitative estimate of drug-likeness (QED) is 0.513. The van der Waals surface area contributed by atoms with Crippen molar-refractivity contribution in [3.8, 4) is 0 Å². The Hall–Kier alpha value is -1.18. The average Bonchev–Trinajstić information content (AvgIpc) is 2.27. The lowest BCUT2D eigenvalue weighted by Gasteiger charge is -2.16.